The van der Waals surface area contributed by atoms with Gasteiger partial charge in [-0.05, 0) is 6.07 Å². The highest BCUT2D eigenvalue weighted by atomic mass is 16.6. The lowest BCUT2D eigenvalue weighted by molar-refractivity contribution is -0.152. The van der Waals surface area contributed by atoms with Crippen LogP contribution in [0.5, 0.6) is 0 Å². The molecular formula is C19H22N4O3. The number of aromatic nitrogens is 3. The smallest absolute Gasteiger partial charge is 0.308 e. The number of nitrogens with two attached hydrogens (primary N) is 1. The maximum absolute atomic E-state index is 11.7. The molecule has 136 valence electrons. The molecule has 0 radical (unpaired) electrons. The van der Waals surface area contributed by atoms with Crippen LogP contribution in [-0.4, -0.2) is 33.2 Å². The Morgan fingerprint density at radius 3 is 3.08 bits per heavy atom. The van der Waals surface area contributed by atoms with Crippen molar-refractivity contribution in [2.75, 3.05) is 12.3 Å². The molecule has 2 N–H and O–H groups in total. The highest BCUT2D eigenvalue weighted by Crippen LogP contribution is 2.47. The van der Waals surface area contributed by atoms with Gasteiger partial charge < -0.3 is 19.8 Å². The van der Waals surface area contributed by atoms with E-state index in [2.05, 4.69) is 22.5 Å². The van der Waals surface area contributed by atoms with Gasteiger partial charge in [0.05, 0.1) is 22.8 Å². The number of carbonyl (C=O) groups is 1. The molecule has 1 saturated heterocycles. The third kappa shape index (κ3) is 2.93. The number of carbonyl (C=O) groups excluding carboxylic acids is 1. The molecule has 0 aromatic carbocycles. The lowest BCUT2D eigenvalue weighted by Crippen LogP contribution is -2.25. The summed E-state index contributed by atoms with van der Waals surface area (Å²) in [5.74, 6) is 2.73. The average Bonchev–Trinajstić information content (AvgIpc) is 3.21. The number of esters is 1. The van der Waals surface area contributed by atoms with E-state index in [0.29, 0.717) is 17.9 Å². The summed E-state index contributed by atoms with van der Waals surface area (Å²) in [6.07, 6.45) is 10.4. The van der Waals surface area contributed by atoms with E-state index in [4.69, 9.17) is 21.6 Å². The molecule has 2 aromatic heterocycles. The molecule has 3 rings (SSSR count). The Hall–Kier alpha value is -2.85. The van der Waals surface area contributed by atoms with Crippen LogP contribution in [0.2, 0.25) is 0 Å². The third-order valence-electron chi connectivity index (χ3n) is 4.64. The van der Waals surface area contributed by atoms with Crippen LogP contribution in [0.4, 0.5) is 5.82 Å². The van der Waals surface area contributed by atoms with Crippen LogP contribution in [0.15, 0.2) is 31.2 Å². The van der Waals surface area contributed by atoms with Crippen LogP contribution < -0.4 is 5.73 Å². The minimum atomic E-state index is -0.749. The molecule has 26 heavy (non-hydrogen) atoms. The lowest BCUT2D eigenvalue weighted by atomic mass is 9.84. The van der Waals surface area contributed by atoms with Crippen LogP contribution in [0.1, 0.15) is 26.5 Å². The standard InChI is InChI=1S/C19H22N4O3/c1-5-19(6-2)9-13(10-25-17(24)12(3)4)26-18(19)23-8-7-14-15(20)21-11-22-16(14)23/h1,6-8,11-13,18H,2,9-10H2,3-4H3,(H2,20,21,22). The predicted molar refractivity (Wildman–Crippen MR) is 97.7 cm³/mol. The summed E-state index contributed by atoms with van der Waals surface area (Å²) in [5.41, 5.74) is 5.79. The number of fused-ring (bicyclic) bond motifs is 1. The van der Waals surface area contributed by atoms with Crippen molar-refractivity contribution in [1.29, 1.82) is 0 Å². The maximum atomic E-state index is 11.7. The van der Waals surface area contributed by atoms with Crippen molar-refractivity contribution in [3.8, 4) is 12.3 Å². The van der Waals surface area contributed by atoms with Gasteiger partial charge in [0, 0.05) is 12.6 Å². The molecule has 3 atom stereocenters. The summed E-state index contributed by atoms with van der Waals surface area (Å²) in [5, 5.41) is 0.723. The van der Waals surface area contributed by atoms with Crippen molar-refractivity contribution in [2.24, 2.45) is 11.3 Å². The van der Waals surface area contributed by atoms with Crippen molar-refractivity contribution < 1.29 is 14.3 Å². The van der Waals surface area contributed by atoms with Crippen LogP contribution in [-0.2, 0) is 14.3 Å². The number of hydrogen-bond donors (Lipinski definition) is 1. The molecule has 1 fully saturated rings. The van der Waals surface area contributed by atoms with E-state index in [9.17, 15) is 4.79 Å². The number of nitrogen functional groups attached to an aromatic ring is 1. The predicted octanol–water partition coefficient (Wildman–Crippen LogP) is 2.31. The van der Waals surface area contributed by atoms with Crippen molar-refractivity contribution in [3.05, 3.63) is 31.2 Å². The Bertz CT molecular complexity index is 883. The molecular weight excluding hydrogens is 332 g/mol. The van der Waals surface area contributed by atoms with Gasteiger partial charge in [-0.3, -0.25) is 4.79 Å². The second-order valence-electron chi connectivity index (χ2n) is 6.71. The molecule has 1 aliphatic rings. The topological polar surface area (TPSA) is 92.3 Å². The van der Waals surface area contributed by atoms with Gasteiger partial charge in [0.1, 0.15) is 24.4 Å². The molecule has 7 heteroatoms. The molecule has 2 aromatic rings. The van der Waals surface area contributed by atoms with Gasteiger partial charge in [-0.1, -0.05) is 25.8 Å². The number of hydrogen-bond acceptors (Lipinski definition) is 6. The molecule has 1 aliphatic heterocycles. The molecule has 0 amide bonds. The molecule has 0 spiro atoms. The minimum absolute atomic E-state index is 0.140. The highest BCUT2D eigenvalue weighted by Gasteiger charge is 2.47. The third-order valence-corrected chi connectivity index (χ3v) is 4.64. The molecule has 0 bridgehead atoms. The van der Waals surface area contributed by atoms with Crippen LogP contribution in [0.25, 0.3) is 11.0 Å². The highest BCUT2D eigenvalue weighted by molar-refractivity contribution is 5.86. The first-order valence-electron chi connectivity index (χ1n) is 8.42. The van der Waals surface area contributed by atoms with E-state index in [1.165, 1.54) is 6.33 Å². The summed E-state index contributed by atoms with van der Waals surface area (Å²) < 4.78 is 13.3. The van der Waals surface area contributed by atoms with Gasteiger partial charge in [0.2, 0.25) is 0 Å². The normalized spacial score (nSPS) is 25.3. The summed E-state index contributed by atoms with van der Waals surface area (Å²) in [6, 6.07) is 1.82. The second-order valence-corrected chi connectivity index (χ2v) is 6.71. The fraction of sp³-hybridized carbons (Fsp3) is 0.421. The Morgan fingerprint density at radius 1 is 1.65 bits per heavy atom. The molecule has 7 nitrogen and oxygen atoms in total. The second kappa shape index (κ2) is 6.81. The molecule has 3 heterocycles. The summed E-state index contributed by atoms with van der Waals surface area (Å²) in [6.45, 7) is 7.61. The van der Waals surface area contributed by atoms with E-state index in [1.54, 1.807) is 19.9 Å². The van der Waals surface area contributed by atoms with Gasteiger partial charge in [-0.2, -0.15) is 0 Å². The van der Waals surface area contributed by atoms with Crippen LogP contribution in [0, 0.1) is 23.7 Å². The first-order valence-corrected chi connectivity index (χ1v) is 8.42. The molecule has 0 saturated carbocycles. The number of anilines is 1. The van der Waals surface area contributed by atoms with E-state index >= 15 is 0 Å². The average molecular weight is 354 g/mol. The van der Waals surface area contributed by atoms with E-state index in [0.717, 1.165) is 5.39 Å². The Morgan fingerprint density at radius 2 is 2.42 bits per heavy atom. The van der Waals surface area contributed by atoms with Crippen molar-refractivity contribution in [1.82, 2.24) is 14.5 Å². The zero-order valence-corrected chi connectivity index (χ0v) is 14.9. The van der Waals surface area contributed by atoms with E-state index < -0.39 is 11.6 Å². The van der Waals surface area contributed by atoms with Gasteiger partial charge >= 0.3 is 5.97 Å². The van der Waals surface area contributed by atoms with Crippen molar-refractivity contribution in [2.45, 2.75) is 32.6 Å². The van der Waals surface area contributed by atoms with E-state index in [-0.39, 0.29) is 24.6 Å². The Kier molecular flexibility index (Phi) is 4.70. The maximum Gasteiger partial charge on any atom is 0.308 e. The number of rotatable bonds is 5. The minimum Gasteiger partial charge on any atom is -0.463 e. The fourth-order valence-corrected chi connectivity index (χ4v) is 3.14. The van der Waals surface area contributed by atoms with Crippen molar-refractivity contribution in [3.63, 3.8) is 0 Å². The van der Waals surface area contributed by atoms with Gasteiger partial charge in [0.25, 0.3) is 0 Å². The molecule has 3 unspecified atom stereocenters. The number of terminal acetylenes is 1. The van der Waals surface area contributed by atoms with Gasteiger partial charge in [-0.15, -0.1) is 13.0 Å². The lowest BCUT2D eigenvalue weighted by Gasteiger charge is -2.26. The quantitative estimate of drug-likeness (QED) is 0.503. The summed E-state index contributed by atoms with van der Waals surface area (Å²) in [4.78, 5) is 20.1. The first kappa shape index (κ1) is 18.0. The fourth-order valence-electron chi connectivity index (χ4n) is 3.14. The van der Waals surface area contributed by atoms with Gasteiger partial charge in [0.15, 0.2) is 6.23 Å². The Labute approximate surface area is 152 Å². The summed E-state index contributed by atoms with van der Waals surface area (Å²) >= 11 is 0. The van der Waals surface area contributed by atoms with Crippen LogP contribution in [0.3, 0.4) is 0 Å². The number of nitrogens with zero attached hydrogens (tertiary/aromatic N) is 3. The molecule has 0 aliphatic carbocycles. The zero-order valence-electron chi connectivity index (χ0n) is 14.9. The summed E-state index contributed by atoms with van der Waals surface area (Å²) in [7, 11) is 0. The van der Waals surface area contributed by atoms with E-state index in [1.807, 2.05) is 16.8 Å². The first-order chi connectivity index (χ1) is 12.4. The van der Waals surface area contributed by atoms with Gasteiger partial charge in [-0.25, -0.2) is 9.97 Å². The SMILES string of the molecule is C#CC1(C=C)CC(COC(=O)C(C)C)OC1n1ccc2c(N)ncnc21. The largest absolute Gasteiger partial charge is 0.463 e. The monoisotopic (exact) mass is 354 g/mol. The van der Waals surface area contributed by atoms with Crippen molar-refractivity contribution >= 4 is 22.8 Å². The number of ether oxygens (including phenoxy) is 2. The van der Waals surface area contributed by atoms with Crippen LogP contribution >= 0.6 is 0 Å². The zero-order chi connectivity index (χ0) is 18.9. The Balaban J connectivity index is 1.91.